The highest BCUT2D eigenvalue weighted by molar-refractivity contribution is 8.00. The number of nitrogens with zero attached hydrogens (tertiary/aromatic N) is 3. The van der Waals surface area contributed by atoms with Gasteiger partial charge in [-0.3, -0.25) is 19.7 Å². The van der Waals surface area contributed by atoms with Crippen molar-refractivity contribution >= 4 is 39.8 Å². The summed E-state index contributed by atoms with van der Waals surface area (Å²) in [6.45, 7) is 1.57. The highest BCUT2D eigenvalue weighted by Crippen LogP contribution is 2.37. The number of aromatic nitrogens is 4. The summed E-state index contributed by atoms with van der Waals surface area (Å²) in [4.78, 5) is 38.7. The molecular formula is C12H9N5O4S2. The second kappa shape index (κ2) is 5.59. The second-order valence-corrected chi connectivity index (χ2v) is 6.59. The van der Waals surface area contributed by atoms with E-state index >= 15 is 0 Å². The fourth-order valence-corrected chi connectivity index (χ4v) is 3.57. The minimum Gasteiger partial charge on any atom is -0.316 e. The number of benzene rings is 1. The molecule has 2 heterocycles. The zero-order chi connectivity index (χ0) is 16.7. The Kier molecular flexibility index (Phi) is 3.74. The summed E-state index contributed by atoms with van der Waals surface area (Å²) in [5.41, 5.74) is -0.681. The molecule has 0 amide bonds. The van der Waals surface area contributed by atoms with Gasteiger partial charge < -0.3 is 9.97 Å². The Hall–Kier alpha value is -2.53. The van der Waals surface area contributed by atoms with Crippen molar-refractivity contribution < 1.29 is 4.92 Å². The molecule has 0 aliphatic heterocycles. The first-order valence-electron chi connectivity index (χ1n) is 6.24. The summed E-state index contributed by atoms with van der Waals surface area (Å²) in [6.07, 6.45) is 1.84. The number of rotatable bonds is 3. The van der Waals surface area contributed by atoms with Crippen molar-refractivity contribution in [3.8, 4) is 10.6 Å². The van der Waals surface area contributed by atoms with E-state index in [1.54, 1.807) is 6.92 Å². The molecule has 0 radical (unpaired) electrons. The first kappa shape index (κ1) is 15.4. The maximum Gasteiger partial charge on any atom is 0.314 e. The standard InChI is InChI=1S/C12H9N5O4S2/c1-4-6(17(20)21)3-5-8(14-10(19)9(18)13-5)7(4)11-15-16-12(22-2)23-11/h3H,1-2H3,(H,13,18)(H,14,19). The lowest BCUT2D eigenvalue weighted by atomic mass is 10.0. The fraction of sp³-hybridized carbons (Fsp3) is 0.167. The van der Waals surface area contributed by atoms with Crippen molar-refractivity contribution in [2.24, 2.45) is 0 Å². The van der Waals surface area contributed by atoms with Crippen molar-refractivity contribution in [3.63, 3.8) is 0 Å². The predicted octanol–water partition coefficient (Wildman–Crippen LogP) is 1.67. The maximum absolute atomic E-state index is 11.6. The van der Waals surface area contributed by atoms with Crippen LogP contribution in [0.5, 0.6) is 0 Å². The quantitative estimate of drug-likeness (QED) is 0.317. The van der Waals surface area contributed by atoms with Crippen LogP contribution in [0.15, 0.2) is 20.0 Å². The molecule has 0 saturated carbocycles. The molecule has 1 aromatic carbocycles. The number of H-pyrrole nitrogens is 2. The lowest BCUT2D eigenvalue weighted by molar-refractivity contribution is -0.385. The van der Waals surface area contributed by atoms with E-state index in [1.165, 1.54) is 29.2 Å². The lowest BCUT2D eigenvalue weighted by Crippen LogP contribution is -2.29. The Morgan fingerprint density at radius 1 is 1.26 bits per heavy atom. The molecule has 11 heteroatoms. The van der Waals surface area contributed by atoms with E-state index in [-0.39, 0.29) is 11.2 Å². The smallest absolute Gasteiger partial charge is 0.314 e. The third-order valence-corrected chi connectivity index (χ3v) is 5.16. The van der Waals surface area contributed by atoms with Gasteiger partial charge in [-0.2, -0.15) is 0 Å². The molecule has 0 unspecified atom stereocenters. The van der Waals surface area contributed by atoms with E-state index < -0.39 is 16.0 Å². The van der Waals surface area contributed by atoms with Crippen molar-refractivity contribution in [2.75, 3.05) is 6.26 Å². The van der Waals surface area contributed by atoms with Gasteiger partial charge in [0, 0.05) is 17.2 Å². The van der Waals surface area contributed by atoms with E-state index in [9.17, 15) is 19.7 Å². The first-order chi connectivity index (χ1) is 10.9. The summed E-state index contributed by atoms with van der Waals surface area (Å²) in [5.74, 6) is 0. The minimum atomic E-state index is -0.872. The van der Waals surface area contributed by atoms with E-state index in [2.05, 4.69) is 20.2 Å². The number of fused-ring (bicyclic) bond motifs is 1. The van der Waals surface area contributed by atoms with Crippen LogP contribution in [0.1, 0.15) is 5.56 Å². The van der Waals surface area contributed by atoms with Gasteiger partial charge >= 0.3 is 11.1 Å². The van der Waals surface area contributed by atoms with Crippen molar-refractivity contribution in [3.05, 3.63) is 42.5 Å². The molecule has 23 heavy (non-hydrogen) atoms. The third-order valence-electron chi connectivity index (χ3n) is 3.24. The predicted molar refractivity (Wildman–Crippen MR) is 87.3 cm³/mol. The van der Waals surface area contributed by atoms with E-state index in [1.807, 2.05) is 6.26 Å². The lowest BCUT2D eigenvalue weighted by Gasteiger charge is -2.07. The van der Waals surface area contributed by atoms with Gasteiger partial charge in [-0.05, 0) is 13.2 Å². The fourth-order valence-electron chi connectivity index (χ4n) is 2.20. The molecule has 118 valence electrons. The van der Waals surface area contributed by atoms with Crippen LogP contribution < -0.4 is 11.1 Å². The number of nitrogens with one attached hydrogen (secondary N) is 2. The van der Waals surface area contributed by atoms with Gasteiger partial charge in [0.15, 0.2) is 9.35 Å². The van der Waals surface area contributed by atoms with Gasteiger partial charge in [-0.15, -0.1) is 10.2 Å². The van der Waals surface area contributed by atoms with E-state index in [4.69, 9.17) is 0 Å². The molecule has 0 fully saturated rings. The van der Waals surface area contributed by atoms with Crippen LogP contribution in [-0.2, 0) is 0 Å². The monoisotopic (exact) mass is 351 g/mol. The van der Waals surface area contributed by atoms with E-state index in [0.29, 0.717) is 26.0 Å². The summed E-state index contributed by atoms with van der Waals surface area (Å²) < 4.78 is 0.686. The van der Waals surface area contributed by atoms with Crippen LogP contribution in [0.25, 0.3) is 21.6 Å². The van der Waals surface area contributed by atoms with Crippen LogP contribution in [0.2, 0.25) is 0 Å². The number of hydrogen-bond acceptors (Lipinski definition) is 8. The Labute approximate surface area is 135 Å². The van der Waals surface area contributed by atoms with Crippen molar-refractivity contribution in [2.45, 2.75) is 11.3 Å². The SMILES string of the molecule is CSc1nnc(-c2c(C)c([N+](=O)[O-])cc3[nH]c(=O)c(=O)[nH]c23)s1. The Bertz CT molecular complexity index is 1050. The Morgan fingerprint density at radius 3 is 2.57 bits per heavy atom. The van der Waals surface area contributed by atoms with Gasteiger partial charge in [-0.25, -0.2) is 0 Å². The molecule has 0 aliphatic rings. The number of aromatic amines is 2. The number of nitro benzene ring substituents is 1. The Balaban J connectivity index is 2.48. The van der Waals surface area contributed by atoms with Gasteiger partial charge in [0.05, 0.1) is 16.0 Å². The maximum atomic E-state index is 11.6. The zero-order valence-electron chi connectivity index (χ0n) is 11.9. The summed E-state index contributed by atoms with van der Waals surface area (Å²) in [6, 6.07) is 1.22. The molecule has 0 atom stereocenters. The minimum absolute atomic E-state index is 0.169. The molecule has 2 aromatic heterocycles. The zero-order valence-corrected chi connectivity index (χ0v) is 13.5. The first-order valence-corrected chi connectivity index (χ1v) is 8.28. The van der Waals surface area contributed by atoms with Crippen molar-refractivity contribution in [1.29, 1.82) is 0 Å². The van der Waals surface area contributed by atoms with Crippen molar-refractivity contribution in [1.82, 2.24) is 20.2 Å². The topological polar surface area (TPSA) is 135 Å². The number of hydrogen-bond donors (Lipinski definition) is 2. The normalized spacial score (nSPS) is 11.0. The number of thioether (sulfide) groups is 1. The molecule has 0 saturated heterocycles. The van der Waals surface area contributed by atoms with Gasteiger partial charge in [0.25, 0.3) is 5.69 Å². The molecule has 9 nitrogen and oxygen atoms in total. The second-order valence-electron chi connectivity index (χ2n) is 4.56. The molecule has 0 bridgehead atoms. The third kappa shape index (κ3) is 2.53. The number of nitro groups is 1. The van der Waals surface area contributed by atoms with Crippen LogP contribution >= 0.6 is 23.1 Å². The molecule has 0 aliphatic carbocycles. The average Bonchev–Trinajstić information content (AvgIpc) is 2.97. The Morgan fingerprint density at radius 2 is 1.96 bits per heavy atom. The largest absolute Gasteiger partial charge is 0.316 e. The summed E-state index contributed by atoms with van der Waals surface area (Å²) in [5, 5.41) is 19.7. The molecule has 3 rings (SSSR count). The van der Waals surface area contributed by atoms with Crippen LogP contribution in [0, 0.1) is 17.0 Å². The molecule has 2 N–H and O–H groups in total. The molecule has 0 spiro atoms. The summed E-state index contributed by atoms with van der Waals surface area (Å²) in [7, 11) is 0. The summed E-state index contributed by atoms with van der Waals surface area (Å²) >= 11 is 2.64. The highest BCUT2D eigenvalue weighted by atomic mass is 32.2. The van der Waals surface area contributed by atoms with Gasteiger partial charge in [0.1, 0.15) is 0 Å². The van der Waals surface area contributed by atoms with Crippen LogP contribution in [0.4, 0.5) is 5.69 Å². The molecule has 3 aromatic rings. The highest BCUT2D eigenvalue weighted by Gasteiger charge is 2.23. The van der Waals surface area contributed by atoms with Gasteiger partial charge in [0.2, 0.25) is 0 Å². The molecular weight excluding hydrogens is 342 g/mol. The average molecular weight is 351 g/mol. The van der Waals surface area contributed by atoms with Gasteiger partial charge in [-0.1, -0.05) is 23.1 Å². The van der Waals surface area contributed by atoms with Crippen LogP contribution in [0.3, 0.4) is 0 Å². The van der Waals surface area contributed by atoms with Crippen LogP contribution in [-0.4, -0.2) is 31.3 Å². The van der Waals surface area contributed by atoms with E-state index in [0.717, 1.165) is 0 Å².